The van der Waals surface area contributed by atoms with E-state index in [-0.39, 0.29) is 18.0 Å². The molecule has 0 heterocycles. The highest BCUT2D eigenvalue weighted by Gasteiger charge is 2.29. The van der Waals surface area contributed by atoms with Gasteiger partial charge in [0.25, 0.3) is 0 Å². The van der Waals surface area contributed by atoms with Gasteiger partial charge in [0, 0.05) is 62.8 Å². The molecule has 4 heteroatoms. The Labute approximate surface area is 375 Å². The van der Waals surface area contributed by atoms with Crippen LogP contribution in [0.3, 0.4) is 0 Å². The number of allylic oxidation sites excluding steroid dienone is 7. The number of anilines is 8. The third-order valence-electron chi connectivity index (χ3n) is 12.6. The van der Waals surface area contributed by atoms with Crippen LogP contribution < -0.4 is 19.6 Å². The van der Waals surface area contributed by atoms with E-state index in [1.165, 1.54) is 39.5 Å². The van der Waals surface area contributed by atoms with Gasteiger partial charge in [0.2, 0.25) is 0 Å². The molecule has 6 aromatic rings. The van der Waals surface area contributed by atoms with Crippen molar-refractivity contribution in [2.75, 3.05) is 19.6 Å². The Hall–Kier alpha value is -7.04. The van der Waals surface area contributed by atoms with Crippen LogP contribution in [0.15, 0.2) is 229 Å². The topological polar surface area (TPSA) is 13.0 Å². The van der Waals surface area contributed by atoms with Crippen molar-refractivity contribution in [1.82, 2.24) is 0 Å². The first-order chi connectivity index (χ1) is 30.8. The van der Waals surface area contributed by atoms with Crippen molar-refractivity contribution in [3.63, 3.8) is 0 Å². The van der Waals surface area contributed by atoms with Crippen molar-refractivity contribution in [1.29, 1.82) is 0 Å². The van der Waals surface area contributed by atoms with Gasteiger partial charge < -0.3 is 19.6 Å². The summed E-state index contributed by atoms with van der Waals surface area (Å²) in [4.78, 5) is 9.83. The molecule has 3 aliphatic rings. The van der Waals surface area contributed by atoms with Crippen molar-refractivity contribution in [2.24, 2.45) is 11.8 Å². The number of aryl methyl sites for hydroxylation is 2. The molecule has 6 aromatic carbocycles. The smallest absolute Gasteiger partial charge is 0.0586 e. The quantitative estimate of drug-likeness (QED) is 0.122. The summed E-state index contributed by atoms with van der Waals surface area (Å²) in [6, 6.07) is 57.8. The van der Waals surface area contributed by atoms with Crippen molar-refractivity contribution in [2.45, 2.75) is 59.5 Å². The van der Waals surface area contributed by atoms with Gasteiger partial charge in [-0.05, 0) is 160 Å². The molecule has 314 valence electrons. The molecule has 0 amide bonds. The monoisotopic (exact) mass is 822 g/mol. The molecule has 0 bridgehead atoms. The zero-order chi connectivity index (χ0) is 43.3. The molecule has 4 unspecified atom stereocenters. The third kappa shape index (κ3) is 8.99. The zero-order valence-electron chi connectivity index (χ0n) is 37.2. The van der Waals surface area contributed by atoms with Crippen LogP contribution in [0.4, 0.5) is 45.5 Å². The number of rotatable bonds is 12. The molecule has 0 radical (unpaired) electrons. The lowest BCUT2D eigenvalue weighted by atomic mass is 9.92. The fraction of sp³-hybridized carbons (Fsp3) is 0.186. The number of hydrogen-bond acceptors (Lipinski definition) is 4. The minimum Gasteiger partial charge on any atom is -0.338 e. The third-order valence-corrected chi connectivity index (χ3v) is 12.6. The summed E-state index contributed by atoms with van der Waals surface area (Å²) >= 11 is 0. The van der Waals surface area contributed by atoms with Crippen molar-refractivity contribution in [3.05, 3.63) is 241 Å². The molecule has 63 heavy (non-hydrogen) atoms. The molecule has 0 saturated heterocycles. The molecule has 0 aromatic heterocycles. The summed E-state index contributed by atoms with van der Waals surface area (Å²) in [5, 5.41) is 0. The van der Waals surface area contributed by atoms with E-state index < -0.39 is 0 Å². The van der Waals surface area contributed by atoms with Crippen LogP contribution >= 0.6 is 0 Å². The standard InChI is InChI=1S/C59H58N4/c1-43-17-14-25-54(39-43)60(48-21-8-6-9-22-48)50-29-31-51(32-30-50)61(52-33-35-53(36-34-52)63(56-27-16-19-45(3)41-56)58-28-13-12-20-46(58)4)57-37-38-59(47(5)42-57)62(49-23-10-7-11-24-49)55-26-15-18-44(2)40-55/h6-19,21-26,28-42,46-47,56,59H,20,27H2,1-5H3. The van der Waals surface area contributed by atoms with E-state index in [1.54, 1.807) is 0 Å². The normalized spacial score (nSPS) is 19.2. The van der Waals surface area contributed by atoms with E-state index in [1.807, 2.05) is 0 Å². The SMILES string of the molecule is CC1=CC(N(C2=CC=CCC2C)c2ccc(N(C3=CC(C)C(N(c4ccccc4)c4cccc(C)c4)C=C3)c3ccc(N(c4ccccc4)c4cccc(C)c4)cc3)cc2)CC=C1. The van der Waals surface area contributed by atoms with Crippen LogP contribution in [0.5, 0.6) is 0 Å². The molecule has 0 saturated carbocycles. The fourth-order valence-electron chi connectivity index (χ4n) is 9.46. The second-order valence-corrected chi connectivity index (χ2v) is 17.4. The van der Waals surface area contributed by atoms with Crippen LogP contribution in [0.25, 0.3) is 0 Å². The number of benzene rings is 6. The lowest BCUT2D eigenvalue weighted by Gasteiger charge is -2.39. The van der Waals surface area contributed by atoms with Crippen molar-refractivity contribution in [3.8, 4) is 0 Å². The summed E-state index contributed by atoms with van der Waals surface area (Å²) in [6.45, 7) is 11.2. The Kier molecular flexibility index (Phi) is 12.1. The minimum atomic E-state index is 0.118. The molecule has 4 atom stereocenters. The van der Waals surface area contributed by atoms with Gasteiger partial charge in [-0.2, -0.15) is 0 Å². The van der Waals surface area contributed by atoms with Gasteiger partial charge in [0.1, 0.15) is 0 Å². The van der Waals surface area contributed by atoms with E-state index in [0.29, 0.717) is 5.92 Å². The molecule has 0 fully saturated rings. The van der Waals surface area contributed by atoms with Crippen LogP contribution in [0.1, 0.15) is 44.7 Å². The highest BCUT2D eigenvalue weighted by Crippen LogP contribution is 2.42. The van der Waals surface area contributed by atoms with Gasteiger partial charge in [-0.3, -0.25) is 0 Å². The van der Waals surface area contributed by atoms with Gasteiger partial charge in [0.05, 0.1) is 12.1 Å². The first kappa shape index (κ1) is 41.3. The van der Waals surface area contributed by atoms with E-state index in [0.717, 1.165) is 47.0 Å². The number of hydrogen-bond donors (Lipinski definition) is 0. The van der Waals surface area contributed by atoms with Crippen LogP contribution in [0.2, 0.25) is 0 Å². The summed E-state index contributed by atoms with van der Waals surface area (Å²) < 4.78 is 0. The van der Waals surface area contributed by atoms with Crippen molar-refractivity contribution >= 4 is 45.5 Å². The lowest BCUT2D eigenvalue weighted by molar-refractivity contribution is 0.603. The average Bonchev–Trinajstić information content (AvgIpc) is 3.30. The second kappa shape index (κ2) is 18.5. The molecule has 0 aliphatic heterocycles. The predicted octanol–water partition coefficient (Wildman–Crippen LogP) is 15.8. The molecule has 3 aliphatic carbocycles. The second-order valence-electron chi connectivity index (χ2n) is 17.4. The first-order valence-corrected chi connectivity index (χ1v) is 22.5. The molecular formula is C59H58N4. The average molecular weight is 823 g/mol. The summed E-state index contributed by atoms with van der Waals surface area (Å²) in [6.07, 6.45) is 23.0. The maximum atomic E-state index is 2.57. The Balaban J connectivity index is 1.12. The Morgan fingerprint density at radius 1 is 0.460 bits per heavy atom. The number of para-hydroxylation sites is 2. The Morgan fingerprint density at radius 2 is 1.00 bits per heavy atom. The zero-order valence-corrected chi connectivity index (χ0v) is 37.2. The van der Waals surface area contributed by atoms with Gasteiger partial charge in [-0.15, -0.1) is 0 Å². The molecule has 0 spiro atoms. The maximum absolute atomic E-state index is 2.57. The van der Waals surface area contributed by atoms with E-state index in [9.17, 15) is 0 Å². The van der Waals surface area contributed by atoms with Gasteiger partial charge >= 0.3 is 0 Å². The fourth-order valence-corrected chi connectivity index (χ4v) is 9.46. The summed E-state index contributed by atoms with van der Waals surface area (Å²) in [7, 11) is 0. The van der Waals surface area contributed by atoms with Crippen LogP contribution in [-0.2, 0) is 0 Å². The van der Waals surface area contributed by atoms with Gasteiger partial charge in [-0.25, -0.2) is 0 Å². The molecule has 0 N–H and O–H groups in total. The van der Waals surface area contributed by atoms with E-state index in [4.69, 9.17) is 0 Å². The van der Waals surface area contributed by atoms with E-state index >= 15 is 0 Å². The molecule has 9 rings (SSSR count). The first-order valence-electron chi connectivity index (χ1n) is 22.5. The van der Waals surface area contributed by atoms with Crippen LogP contribution in [0, 0.1) is 25.7 Å². The highest BCUT2D eigenvalue weighted by molar-refractivity contribution is 5.80. The molecule has 4 nitrogen and oxygen atoms in total. The maximum Gasteiger partial charge on any atom is 0.0586 e. The van der Waals surface area contributed by atoms with Gasteiger partial charge in [0.15, 0.2) is 0 Å². The molecular weight excluding hydrogens is 765 g/mol. The summed E-state index contributed by atoms with van der Waals surface area (Å²) in [5.74, 6) is 0.626. The summed E-state index contributed by atoms with van der Waals surface area (Å²) in [5.41, 5.74) is 15.5. The van der Waals surface area contributed by atoms with Gasteiger partial charge in [-0.1, -0.05) is 123 Å². The van der Waals surface area contributed by atoms with Crippen LogP contribution in [-0.4, -0.2) is 12.1 Å². The predicted molar refractivity (Wildman–Crippen MR) is 269 cm³/mol. The minimum absolute atomic E-state index is 0.118. The Morgan fingerprint density at radius 3 is 1.60 bits per heavy atom. The van der Waals surface area contributed by atoms with E-state index in [2.05, 4.69) is 267 Å². The number of nitrogens with zero attached hydrogens (tertiary/aromatic N) is 4. The van der Waals surface area contributed by atoms with Crippen molar-refractivity contribution < 1.29 is 0 Å². The highest BCUT2D eigenvalue weighted by atomic mass is 15.2. The lowest BCUT2D eigenvalue weighted by Crippen LogP contribution is -2.37. The largest absolute Gasteiger partial charge is 0.338 e. The Bertz CT molecular complexity index is 2700.